The average Bonchev–Trinajstić information content (AvgIpc) is 2.72. The van der Waals surface area contributed by atoms with E-state index in [2.05, 4.69) is 39.6 Å². The highest BCUT2D eigenvalue weighted by Gasteiger charge is 2.21. The summed E-state index contributed by atoms with van der Waals surface area (Å²) in [4.78, 5) is 1.36. The van der Waals surface area contributed by atoms with Crippen LogP contribution in [0.1, 0.15) is 43.5 Å². The third kappa shape index (κ3) is 3.78. The van der Waals surface area contributed by atoms with Crippen molar-refractivity contribution in [3.63, 3.8) is 0 Å². The van der Waals surface area contributed by atoms with Crippen molar-refractivity contribution in [3.8, 4) is 0 Å². The molecule has 2 N–H and O–H groups in total. The minimum atomic E-state index is -0.0701. The fraction of sp³-hybridized carbons (Fsp3) is 0.692. The average molecular weight is 318 g/mol. The van der Waals surface area contributed by atoms with Crippen molar-refractivity contribution in [2.24, 2.45) is 5.92 Å². The third-order valence-corrected chi connectivity index (χ3v) is 5.56. The highest BCUT2D eigenvalue weighted by atomic mass is 79.9. The van der Waals surface area contributed by atoms with Crippen LogP contribution in [0.5, 0.6) is 0 Å². The van der Waals surface area contributed by atoms with Gasteiger partial charge in [-0.3, -0.25) is 0 Å². The quantitative estimate of drug-likeness (QED) is 0.887. The minimum Gasteiger partial charge on any atom is -0.393 e. The predicted molar refractivity (Wildman–Crippen MR) is 76.4 cm³/mol. The van der Waals surface area contributed by atoms with E-state index in [1.54, 1.807) is 11.3 Å². The lowest BCUT2D eigenvalue weighted by molar-refractivity contribution is 0.0998. The Bertz CT molecular complexity index is 355. The van der Waals surface area contributed by atoms with Crippen LogP contribution in [0.25, 0.3) is 0 Å². The molecule has 1 aromatic rings. The molecule has 0 aromatic carbocycles. The summed E-state index contributed by atoms with van der Waals surface area (Å²) in [7, 11) is 0. The van der Waals surface area contributed by atoms with E-state index in [1.807, 2.05) is 0 Å². The third-order valence-electron chi connectivity index (χ3n) is 3.51. The van der Waals surface area contributed by atoms with Gasteiger partial charge in [-0.25, -0.2) is 0 Å². The highest BCUT2D eigenvalue weighted by Crippen LogP contribution is 2.29. The molecule has 0 bridgehead atoms. The van der Waals surface area contributed by atoms with Gasteiger partial charge in [0.2, 0.25) is 0 Å². The SMILES string of the molecule is CC(NCC1CCCC(O)C1)c1sccc1Br. The summed E-state index contributed by atoms with van der Waals surface area (Å²) >= 11 is 5.36. The van der Waals surface area contributed by atoms with Crippen molar-refractivity contribution in [2.45, 2.75) is 44.8 Å². The van der Waals surface area contributed by atoms with E-state index in [-0.39, 0.29) is 6.10 Å². The van der Waals surface area contributed by atoms with E-state index in [1.165, 1.54) is 22.2 Å². The van der Waals surface area contributed by atoms with Crippen molar-refractivity contribution in [1.82, 2.24) is 5.32 Å². The van der Waals surface area contributed by atoms with Gasteiger partial charge in [0.1, 0.15) is 0 Å². The summed E-state index contributed by atoms with van der Waals surface area (Å²) in [5, 5.41) is 15.3. The zero-order chi connectivity index (χ0) is 12.3. The van der Waals surface area contributed by atoms with Crippen LogP contribution in [0.3, 0.4) is 0 Å². The molecule has 3 atom stereocenters. The second-order valence-corrected chi connectivity index (χ2v) is 6.75. The van der Waals surface area contributed by atoms with Crippen LogP contribution in [-0.2, 0) is 0 Å². The molecule has 0 amide bonds. The molecule has 2 nitrogen and oxygen atoms in total. The first-order valence-corrected chi connectivity index (χ1v) is 7.98. The maximum absolute atomic E-state index is 9.64. The van der Waals surface area contributed by atoms with E-state index < -0.39 is 0 Å². The maximum atomic E-state index is 9.64. The number of aliphatic hydroxyl groups excluding tert-OH is 1. The molecule has 0 spiro atoms. The van der Waals surface area contributed by atoms with Crippen LogP contribution in [-0.4, -0.2) is 17.8 Å². The Labute approximate surface area is 116 Å². The van der Waals surface area contributed by atoms with Gasteiger partial charge in [0, 0.05) is 15.4 Å². The van der Waals surface area contributed by atoms with E-state index in [0.717, 1.165) is 19.4 Å². The summed E-state index contributed by atoms with van der Waals surface area (Å²) in [5.41, 5.74) is 0. The highest BCUT2D eigenvalue weighted by molar-refractivity contribution is 9.10. The first kappa shape index (κ1) is 13.5. The predicted octanol–water partition coefficient (Wildman–Crippen LogP) is 3.71. The molecule has 2 rings (SSSR count). The van der Waals surface area contributed by atoms with Crippen molar-refractivity contribution >= 4 is 27.3 Å². The molecule has 1 aliphatic carbocycles. The van der Waals surface area contributed by atoms with Gasteiger partial charge < -0.3 is 10.4 Å². The van der Waals surface area contributed by atoms with Gasteiger partial charge in [-0.1, -0.05) is 6.42 Å². The van der Waals surface area contributed by atoms with Crippen molar-refractivity contribution in [3.05, 3.63) is 20.8 Å². The summed E-state index contributed by atoms with van der Waals surface area (Å²) in [6.45, 7) is 3.22. The molecule has 96 valence electrons. The molecule has 0 saturated heterocycles. The van der Waals surface area contributed by atoms with Gasteiger partial charge in [0.05, 0.1) is 6.10 Å². The zero-order valence-corrected chi connectivity index (χ0v) is 12.6. The van der Waals surface area contributed by atoms with Gasteiger partial charge >= 0.3 is 0 Å². The Morgan fingerprint density at radius 2 is 2.41 bits per heavy atom. The Morgan fingerprint density at radius 1 is 1.59 bits per heavy atom. The number of hydrogen-bond acceptors (Lipinski definition) is 3. The summed E-state index contributed by atoms with van der Waals surface area (Å²) in [5.74, 6) is 0.639. The summed E-state index contributed by atoms with van der Waals surface area (Å²) < 4.78 is 1.20. The molecule has 4 heteroatoms. The van der Waals surface area contributed by atoms with E-state index in [0.29, 0.717) is 12.0 Å². The second kappa shape index (κ2) is 6.32. The second-order valence-electron chi connectivity index (χ2n) is 4.95. The number of hydrogen-bond donors (Lipinski definition) is 2. The normalized spacial score (nSPS) is 27.0. The summed E-state index contributed by atoms with van der Waals surface area (Å²) in [6, 6.07) is 2.49. The molecule has 3 unspecified atom stereocenters. The largest absolute Gasteiger partial charge is 0.393 e. The Hall–Kier alpha value is 0.100. The lowest BCUT2D eigenvalue weighted by atomic mass is 9.87. The molecule has 1 saturated carbocycles. The molecule has 1 aliphatic rings. The van der Waals surface area contributed by atoms with Gasteiger partial charge in [-0.2, -0.15) is 0 Å². The Balaban J connectivity index is 1.80. The standard InChI is InChI=1S/C13H20BrNOS/c1-9(13-12(14)5-6-17-13)15-8-10-3-2-4-11(16)7-10/h5-6,9-11,15-16H,2-4,7-8H2,1H3. The Morgan fingerprint density at radius 3 is 3.06 bits per heavy atom. The number of rotatable bonds is 4. The molecule has 17 heavy (non-hydrogen) atoms. The molecular weight excluding hydrogens is 298 g/mol. The molecule has 1 fully saturated rings. The van der Waals surface area contributed by atoms with Crippen LogP contribution in [0.4, 0.5) is 0 Å². The minimum absolute atomic E-state index is 0.0701. The number of aliphatic hydroxyl groups is 1. The fourth-order valence-electron chi connectivity index (χ4n) is 2.50. The fourth-order valence-corrected chi connectivity index (χ4v) is 4.25. The van der Waals surface area contributed by atoms with Crippen LogP contribution in [0.2, 0.25) is 0 Å². The Kier molecular flexibility index (Phi) is 5.03. The molecular formula is C13H20BrNOS. The van der Waals surface area contributed by atoms with E-state index >= 15 is 0 Å². The monoisotopic (exact) mass is 317 g/mol. The molecule has 0 aliphatic heterocycles. The van der Waals surface area contributed by atoms with Crippen molar-refractivity contribution < 1.29 is 5.11 Å². The zero-order valence-electron chi connectivity index (χ0n) is 10.2. The van der Waals surface area contributed by atoms with E-state index in [4.69, 9.17) is 0 Å². The number of halogens is 1. The summed E-state index contributed by atoms with van der Waals surface area (Å²) in [6.07, 6.45) is 4.31. The van der Waals surface area contributed by atoms with Crippen molar-refractivity contribution in [2.75, 3.05) is 6.54 Å². The van der Waals surface area contributed by atoms with Crippen molar-refractivity contribution in [1.29, 1.82) is 0 Å². The van der Waals surface area contributed by atoms with Crippen LogP contribution in [0, 0.1) is 5.92 Å². The van der Waals surface area contributed by atoms with Gasteiger partial charge in [-0.05, 0) is 66.0 Å². The van der Waals surface area contributed by atoms with Crippen LogP contribution < -0.4 is 5.32 Å². The first-order chi connectivity index (χ1) is 8.16. The van der Waals surface area contributed by atoms with Gasteiger partial charge in [-0.15, -0.1) is 11.3 Å². The molecule has 1 aromatic heterocycles. The first-order valence-electron chi connectivity index (χ1n) is 6.31. The van der Waals surface area contributed by atoms with Gasteiger partial charge in [0.15, 0.2) is 0 Å². The lowest BCUT2D eigenvalue weighted by Crippen LogP contribution is -2.30. The van der Waals surface area contributed by atoms with Gasteiger partial charge in [0.25, 0.3) is 0 Å². The molecule has 0 radical (unpaired) electrons. The molecule has 1 heterocycles. The topological polar surface area (TPSA) is 32.3 Å². The van der Waals surface area contributed by atoms with Crippen LogP contribution in [0.15, 0.2) is 15.9 Å². The van der Waals surface area contributed by atoms with Crippen LogP contribution >= 0.6 is 27.3 Å². The smallest absolute Gasteiger partial charge is 0.0543 e. The lowest BCUT2D eigenvalue weighted by Gasteiger charge is -2.27. The van der Waals surface area contributed by atoms with E-state index in [9.17, 15) is 5.11 Å². The number of nitrogens with one attached hydrogen (secondary N) is 1. The maximum Gasteiger partial charge on any atom is 0.0543 e. The number of thiophene rings is 1.